The Bertz CT molecular complexity index is 1120. The van der Waals surface area contributed by atoms with Crippen LogP contribution in [0.4, 0.5) is 17.5 Å². The quantitative estimate of drug-likeness (QED) is 0.568. The molecule has 4 aromatic rings. The highest BCUT2D eigenvalue weighted by Crippen LogP contribution is 2.27. The van der Waals surface area contributed by atoms with Crippen LogP contribution < -0.4 is 10.2 Å². The van der Waals surface area contributed by atoms with E-state index in [1.165, 1.54) is 0 Å². The van der Waals surface area contributed by atoms with Crippen LogP contribution in [0.3, 0.4) is 0 Å². The van der Waals surface area contributed by atoms with Gasteiger partial charge in [0.05, 0.1) is 30.1 Å². The Balaban J connectivity index is 1.57. The van der Waals surface area contributed by atoms with Gasteiger partial charge in [-0.25, -0.2) is 4.98 Å². The number of nitrogens with zero attached hydrogens (tertiary/aromatic N) is 4. The van der Waals surface area contributed by atoms with E-state index in [1.54, 1.807) is 6.20 Å². The molecule has 1 aliphatic rings. The molecule has 0 aliphatic carbocycles. The van der Waals surface area contributed by atoms with Gasteiger partial charge in [-0.05, 0) is 12.1 Å². The molecule has 0 radical (unpaired) electrons. The van der Waals surface area contributed by atoms with Gasteiger partial charge in [0.1, 0.15) is 5.82 Å². The van der Waals surface area contributed by atoms with Crippen molar-refractivity contribution in [2.75, 3.05) is 36.5 Å². The molecule has 0 spiro atoms. The van der Waals surface area contributed by atoms with Crippen LogP contribution in [0, 0.1) is 0 Å². The summed E-state index contributed by atoms with van der Waals surface area (Å²) >= 11 is 0. The first-order chi connectivity index (χ1) is 14.4. The molecule has 0 amide bonds. The van der Waals surface area contributed by atoms with E-state index >= 15 is 0 Å². The summed E-state index contributed by atoms with van der Waals surface area (Å²) in [4.78, 5) is 16.4. The third-order valence-electron chi connectivity index (χ3n) is 5.00. The largest absolute Gasteiger partial charge is 0.378 e. The van der Waals surface area contributed by atoms with E-state index in [0.717, 1.165) is 46.8 Å². The molecule has 0 bridgehead atoms. The van der Waals surface area contributed by atoms with E-state index in [1.807, 2.05) is 54.6 Å². The summed E-state index contributed by atoms with van der Waals surface area (Å²) in [6, 6.07) is 22.3. The molecule has 1 N–H and O–H groups in total. The summed E-state index contributed by atoms with van der Waals surface area (Å²) in [6.45, 7) is 3.06. The Morgan fingerprint density at radius 3 is 2.55 bits per heavy atom. The Kier molecular flexibility index (Phi) is 4.76. The number of anilines is 3. The zero-order chi connectivity index (χ0) is 19.5. The van der Waals surface area contributed by atoms with E-state index < -0.39 is 0 Å². The van der Waals surface area contributed by atoms with Crippen molar-refractivity contribution in [3.8, 4) is 11.3 Å². The molecule has 6 heteroatoms. The number of benzene rings is 2. The van der Waals surface area contributed by atoms with E-state index in [0.29, 0.717) is 19.2 Å². The second kappa shape index (κ2) is 7.85. The number of para-hydroxylation sites is 1. The van der Waals surface area contributed by atoms with E-state index in [4.69, 9.17) is 14.7 Å². The van der Waals surface area contributed by atoms with Crippen molar-refractivity contribution in [3.05, 3.63) is 72.9 Å². The second-order valence-electron chi connectivity index (χ2n) is 6.91. The fraction of sp³-hybridized carbons (Fsp3) is 0.174. The molecule has 5 rings (SSSR count). The number of pyridine rings is 1. The number of ether oxygens (including phenoxy) is 1. The van der Waals surface area contributed by atoms with Gasteiger partial charge < -0.3 is 15.0 Å². The fourth-order valence-corrected chi connectivity index (χ4v) is 3.53. The number of rotatable bonds is 4. The monoisotopic (exact) mass is 383 g/mol. The maximum atomic E-state index is 5.50. The number of aromatic nitrogens is 3. The van der Waals surface area contributed by atoms with E-state index in [9.17, 15) is 0 Å². The van der Waals surface area contributed by atoms with Crippen molar-refractivity contribution in [2.45, 2.75) is 0 Å². The predicted octanol–water partition coefficient (Wildman–Crippen LogP) is 4.27. The molecule has 2 aromatic carbocycles. The second-order valence-corrected chi connectivity index (χ2v) is 6.91. The van der Waals surface area contributed by atoms with E-state index in [-0.39, 0.29) is 0 Å². The lowest BCUT2D eigenvalue weighted by atomic mass is 10.1. The number of hydrogen-bond donors (Lipinski definition) is 1. The number of hydrogen-bond acceptors (Lipinski definition) is 6. The first-order valence-electron chi connectivity index (χ1n) is 9.75. The Labute approximate surface area is 169 Å². The normalized spacial score (nSPS) is 14.1. The van der Waals surface area contributed by atoms with Crippen molar-refractivity contribution in [1.82, 2.24) is 15.0 Å². The van der Waals surface area contributed by atoms with Crippen LogP contribution in [-0.4, -0.2) is 41.3 Å². The standard InChI is InChI=1S/C23H21N5O/c1-2-6-17(7-3-1)20-16-21(28-12-14-29-15-13-28)27-23(26-20)25-19-10-4-8-18-9-5-11-24-22(18)19/h1-11,16H,12-15H2,(H,25,26,27). The Morgan fingerprint density at radius 2 is 1.69 bits per heavy atom. The zero-order valence-corrected chi connectivity index (χ0v) is 16.0. The maximum Gasteiger partial charge on any atom is 0.229 e. The van der Waals surface area contributed by atoms with Crippen molar-refractivity contribution < 1.29 is 4.74 Å². The molecule has 0 atom stereocenters. The van der Waals surface area contributed by atoms with Gasteiger partial charge in [-0.3, -0.25) is 4.98 Å². The summed E-state index contributed by atoms with van der Waals surface area (Å²) < 4.78 is 5.50. The van der Waals surface area contributed by atoms with Crippen LogP contribution in [0.1, 0.15) is 0 Å². The molecule has 0 unspecified atom stereocenters. The molecular formula is C23H21N5O. The first-order valence-corrected chi connectivity index (χ1v) is 9.75. The van der Waals surface area contributed by atoms with Gasteiger partial charge in [0.25, 0.3) is 0 Å². The third kappa shape index (κ3) is 3.75. The molecular weight excluding hydrogens is 362 g/mol. The lowest BCUT2D eigenvalue weighted by Gasteiger charge is -2.28. The summed E-state index contributed by atoms with van der Waals surface area (Å²) in [5, 5.41) is 4.47. The van der Waals surface area contributed by atoms with Crippen molar-refractivity contribution >= 4 is 28.4 Å². The average molecular weight is 383 g/mol. The number of morpholine rings is 1. The van der Waals surface area contributed by atoms with Gasteiger partial charge in [-0.2, -0.15) is 4.98 Å². The minimum atomic E-state index is 0.561. The van der Waals surface area contributed by atoms with E-state index in [2.05, 4.69) is 27.3 Å². The van der Waals surface area contributed by atoms with Gasteiger partial charge >= 0.3 is 0 Å². The summed E-state index contributed by atoms with van der Waals surface area (Å²) in [7, 11) is 0. The molecule has 1 fully saturated rings. The highest BCUT2D eigenvalue weighted by atomic mass is 16.5. The highest BCUT2D eigenvalue weighted by Gasteiger charge is 2.16. The predicted molar refractivity (Wildman–Crippen MR) is 116 cm³/mol. The molecule has 29 heavy (non-hydrogen) atoms. The highest BCUT2D eigenvalue weighted by molar-refractivity contribution is 5.91. The van der Waals surface area contributed by atoms with Crippen LogP contribution in [0.15, 0.2) is 72.9 Å². The smallest absolute Gasteiger partial charge is 0.229 e. The van der Waals surface area contributed by atoms with Crippen LogP contribution in [0.2, 0.25) is 0 Å². The molecule has 0 saturated carbocycles. The lowest BCUT2D eigenvalue weighted by molar-refractivity contribution is 0.122. The fourth-order valence-electron chi connectivity index (χ4n) is 3.53. The molecule has 2 aromatic heterocycles. The summed E-state index contributed by atoms with van der Waals surface area (Å²) in [5.41, 5.74) is 3.74. The Hall–Kier alpha value is -3.51. The molecule has 144 valence electrons. The van der Waals surface area contributed by atoms with Gasteiger partial charge in [0.15, 0.2) is 0 Å². The molecule has 6 nitrogen and oxygen atoms in total. The van der Waals surface area contributed by atoms with Crippen LogP contribution in [0.5, 0.6) is 0 Å². The van der Waals surface area contributed by atoms with Crippen LogP contribution in [-0.2, 0) is 4.74 Å². The van der Waals surface area contributed by atoms with Crippen LogP contribution in [0.25, 0.3) is 22.2 Å². The number of fused-ring (bicyclic) bond motifs is 1. The average Bonchev–Trinajstić information content (AvgIpc) is 2.80. The SMILES string of the molecule is c1ccc(-c2cc(N3CCOCC3)nc(Nc3cccc4cccnc34)n2)cc1. The summed E-state index contributed by atoms with van der Waals surface area (Å²) in [5.74, 6) is 1.46. The van der Waals surface area contributed by atoms with Crippen LogP contribution >= 0.6 is 0 Å². The molecule has 1 saturated heterocycles. The van der Waals surface area contributed by atoms with Crippen molar-refractivity contribution in [3.63, 3.8) is 0 Å². The van der Waals surface area contributed by atoms with Gasteiger partial charge in [0.2, 0.25) is 5.95 Å². The minimum Gasteiger partial charge on any atom is -0.378 e. The zero-order valence-electron chi connectivity index (χ0n) is 16.0. The third-order valence-corrected chi connectivity index (χ3v) is 5.00. The minimum absolute atomic E-state index is 0.561. The topological polar surface area (TPSA) is 63.2 Å². The maximum absolute atomic E-state index is 5.50. The Morgan fingerprint density at radius 1 is 0.862 bits per heavy atom. The number of nitrogens with one attached hydrogen (secondary N) is 1. The van der Waals surface area contributed by atoms with Gasteiger partial charge in [-0.1, -0.05) is 48.5 Å². The van der Waals surface area contributed by atoms with Gasteiger partial charge in [0, 0.05) is 36.3 Å². The first kappa shape index (κ1) is 17.6. The van der Waals surface area contributed by atoms with Crippen molar-refractivity contribution in [2.24, 2.45) is 0 Å². The molecule has 3 heterocycles. The summed E-state index contributed by atoms with van der Waals surface area (Å²) in [6.07, 6.45) is 1.80. The lowest BCUT2D eigenvalue weighted by Crippen LogP contribution is -2.36. The van der Waals surface area contributed by atoms with Crippen molar-refractivity contribution in [1.29, 1.82) is 0 Å². The molecule has 1 aliphatic heterocycles. The van der Waals surface area contributed by atoms with Gasteiger partial charge in [-0.15, -0.1) is 0 Å².